The van der Waals surface area contributed by atoms with E-state index in [0.29, 0.717) is 75.6 Å². The highest BCUT2D eigenvalue weighted by Gasteiger charge is 2.41. The lowest BCUT2D eigenvalue weighted by Crippen LogP contribution is -2.57. The summed E-state index contributed by atoms with van der Waals surface area (Å²) in [5, 5.41) is 9.67. The number of methoxy groups -OCH3 is 1. The lowest BCUT2D eigenvalue weighted by Gasteiger charge is -2.35. The molecule has 3 atom stereocenters. The molecule has 244 valence electrons. The zero-order chi connectivity index (χ0) is 31.5. The normalized spacial score (nSPS) is 18.8. The minimum atomic E-state index is -0.665. The molecule has 0 unspecified atom stereocenters. The van der Waals surface area contributed by atoms with E-state index in [1.165, 1.54) is 12.1 Å². The van der Waals surface area contributed by atoms with Gasteiger partial charge in [0.1, 0.15) is 17.9 Å². The molecule has 3 N–H and O–H groups in total. The summed E-state index contributed by atoms with van der Waals surface area (Å²) in [6.07, 6.45) is 7.92. The molecule has 3 amide bonds. The second kappa shape index (κ2) is 16.9. The quantitative estimate of drug-likeness (QED) is 0.248. The summed E-state index contributed by atoms with van der Waals surface area (Å²) >= 11 is 0. The number of carbonyl (C=O) groups is 3. The molecule has 2 fully saturated rings. The molecule has 0 spiro atoms. The van der Waals surface area contributed by atoms with Crippen LogP contribution in [0.4, 0.5) is 10.1 Å². The highest BCUT2D eigenvalue weighted by molar-refractivity contribution is 6.05. The standard InChI is InChI=1S/C32H48FN5O6/c1-22(34-2)30(39)36-29(23-8-5-4-6-9-23)32(41)38-13-7-10-27(38)31(40)35-26-21-37(28-20-24(33)11-12-25(26)28)14-15-43-18-19-44-17-16-42-3/h11-12,20-23,27,29,34H,4-10,13-19H2,1-3H3,(H,35,40)(H,36,39)/t22-,27-,29-/m0/s1. The Morgan fingerprint density at radius 1 is 1.00 bits per heavy atom. The van der Waals surface area contributed by atoms with Gasteiger partial charge in [-0.25, -0.2) is 4.39 Å². The van der Waals surface area contributed by atoms with Gasteiger partial charge in [-0.1, -0.05) is 19.3 Å². The zero-order valence-electron chi connectivity index (χ0n) is 26.2. The molecule has 11 nitrogen and oxygen atoms in total. The molecule has 12 heteroatoms. The zero-order valence-corrected chi connectivity index (χ0v) is 26.2. The average molecular weight is 618 g/mol. The molecule has 2 aromatic rings. The number of hydrogen-bond acceptors (Lipinski definition) is 7. The van der Waals surface area contributed by atoms with Gasteiger partial charge in [0.25, 0.3) is 0 Å². The first-order chi connectivity index (χ1) is 21.3. The van der Waals surface area contributed by atoms with E-state index in [0.717, 1.165) is 32.1 Å². The summed E-state index contributed by atoms with van der Waals surface area (Å²) in [5.41, 5.74) is 1.19. The topological polar surface area (TPSA) is 123 Å². The van der Waals surface area contributed by atoms with Crippen molar-refractivity contribution < 1.29 is 33.0 Å². The van der Waals surface area contributed by atoms with E-state index in [1.54, 1.807) is 38.2 Å². The second-order valence-corrected chi connectivity index (χ2v) is 11.7. The number of rotatable bonds is 16. The van der Waals surface area contributed by atoms with Crippen LogP contribution in [-0.2, 0) is 35.1 Å². The molecule has 2 aliphatic rings. The molecule has 1 saturated heterocycles. The van der Waals surface area contributed by atoms with E-state index in [1.807, 2.05) is 4.57 Å². The van der Waals surface area contributed by atoms with Crippen LogP contribution in [0.3, 0.4) is 0 Å². The fraction of sp³-hybridized carbons (Fsp3) is 0.656. The van der Waals surface area contributed by atoms with Crippen molar-refractivity contribution >= 4 is 34.3 Å². The smallest absolute Gasteiger partial charge is 0.247 e. The maximum atomic E-state index is 14.2. The number of likely N-dealkylation sites (N-methyl/N-ethyl adjacent to an activating group) is 1. The third kappa shape index (κ3) is 8.77. The van der Waals surface area contributed by atoms with Crippen LogP contribution >= 0.6 is 0 Å². The van der Waals surface area contributed by atoms with Crippen LogP contribution in [-0.4, -0.2) is 99.1 Å². The lowest BCUT2D eigenvalue weighted by atomic mass is 9.83. The Labute approximate surface area is 259 Å². The third-order valence-electron chi connectivity index (χ3n) is 8.73. The number of anilines is 1. The number of aromatic nitrogens is 1. The van der Waals surface area contributed by atoms with Crippen LogP contribution in [0.2, 0.25) is 0 Å². The Bertz CT molecular complexity index is 1250. The molecule has 1 aromatic heterocycles. The molecular formula is C32H48FN5O6. The van der Waals surface area contributed by atoms with Crippen molar-refractivity contribution in [2.24, 2.45) is 5.92 Å². The number of nitrogens with zero attached hydrogens (tertiary/aromatic N) is 2. The fourth-order valence-corrected chi connectivity index (χ4v) is 6.13. The lowest BCUT2D eigenvalue weighted by molar-refractivity contribution is -0.142. The van der Waals surface area contributed by atoms with Crippen molar-refractivity contribution in [1.82, 2.24) is 20.1 Å². The van der Waals surface area contributed by atoms with Gasteiger partial charge in [-0.15, -0.1) is 0 Å². The van der Waals surface area contributed by atoms with Gasteiger partial charge in [-0.2, -0.15) is 0 Å². The SMILES string of the molecule is CN[C@@H](C)C(=O)N[C@H](C(=O)N1CCC[C@H]1C(=O)Nc1cn(CCOCCOCCOC)c2cc(F)ccc12)C1CCCCC1. The number of benzene rings is 1. The van der Waals surface area contributed by atoms with E-state index < -0.39 is 18.1 Å². The number of halogens is 1. The van der Waals surface area contributed by atoms with Gasteiger partial charge in [0, 0.05) is 31.8 Å². The van der Waals surface area contributed by atoms with Gasteiger partial charge in [-0.05, 0) is 63.8 Å². The Kier molecular flexibility index (Phi) is 13.0. The first-order valence-corrected chi connectivity index (χ1v) is 15.9. The van der Waals surface area contributed by atoms with Crippen LogP contribution in [0.25, 0.3) is 10.9 Å². The molecule has 0 radical (unpaired) electrons. The minimum Gasteiger partial charge on any atom is -0.382 e. The Morgan fingerprint density at radius 3 is 2.45 bits per heavy atom. The van der Waals surface area contributed by atoms with Gasteiger partial charge >= 0.3 is 0 Å². The van der Waals surface area contributed by atoms with Crippen LogP contribution in [0.5, 0.6) is 0 Å². The molecule has 2 heterocycles. The third-order valence-corrected chi connectivity index (χ3v) is 8.73. The Hall–Kier alpha value is -3.06. The maximum Gasteiger partial charge on any atom is 0.247 e. The summed E-state index contributed by atoms with van der Waals surface area (Å²) < 4.78 is 32.1. The van der Waals surface area contributed by atoms with E-state index in [-0.39, 0.29) is 29.5 Å². The van der Waals surface area contributed by atoms with Crippen molar-refractivity contribution in [2.75, 3.05) is 59.1 Å². The van der Waals surface area contributed by atoms with Crippen LogP contribution < -0.4 is 16.0 Å². The summed E-state index contributed by atoms with van der Waals surface area (Å²) in [6.45, 7) is 4.94. The van der Waals surface area contributed by atoms with E-state index in [9.17, 15) is 18.8 Å². The van der Waals surface area contributed by atoms with Gasteiger partial charge < -0.3 is 39.6 Å². The molecule has 4 rings (SSSR count). The highest BCUT2D eigenvalue weighted by atomic mass is 19.1. The molecule has 1 saturated carbocycles. The molecule has 1 aliphatic heterocycles. The van der Waals surface area contributed by atoms with Gasteiger partial charge in [-0.3, -0.25) is 14.4 Å². The highest BCUT2D eigenvalue weighted by Crippen LogP contribution is 2.31. The van der Waals surface area contributed by atoms with Crippen molar-refractivity contribution in [3.8, 4) is 0 Å². The molecular weight excluding hydrogens is 569 g/mol. The summed E-state index contributed by atoms with van der Waals surface area (Å²) in [7, 11) is 3.33. The van der Waals surface area contributed by atoms with Crippen molar-refractivity contribution in [3.05, 3.63) is 30.2 Å². The second-order valence-electron chi connectivity index (χ2n) is 11.7. The Balaban J connectivity index is 1.44. The summed E-state index contributed by atoms with van der Waals surface area (Å²) in [5.74, 6) is -1.04. The molecule has 1 aliphatic carbocycles. The summed E-state index contributed by atoms with van der Waals surface area (Å²) in [4.78, 5) is 42.2. The van der Waals surface area contributed by atoms with Crippen molar-refractivity contribution in [2.45, 2.75) is 76.5 Å². The number of amides is 3. The van der Waals surface area contributed by atoms with Gasteiger partial charge in [0.2, 0.25) is 17.7 Å². The van der Waals surface area contributed by atoms with Crippen molar-refractivity contribution in [3.63, 3.8) is 0 Å². The number of likely N-dealkylation sites (tertiary alicyclic amines) is 1. The largest absolute Gasteiger partial charge is 0.382 e. The van der Waals surface area contributed by atoms with Crippen LogP contribution in [0.1, 0.15) is 51.9 Å². The molecule has 44 heavy (non-hydrogen) atoms. The van der Waals surface area contributed by atoms with E-state index in [4.69, 9.17) is 14.2 Å². The van der Waals surface area contributed by atoms with E-state index in [2.05, 4.69) is 16.0 Å². The van der Waals surface area contributed by atoms with Gasteiger partial charge in [0.15, 0.2) is 0 Å². The number of ether oxygens (including phenoxy) is 3. The Morgan fingerprint density at radius 2 is 1.73 bits per heavy atom. The number of carbonyl (C=O) groups excluding carboxylic acids is 3. The van der Waals surface area contributed by atoms with Crippen LogP contribution in [0, 0.1) is 11.7 Å². The predicted molar refractivity (Wildman–Crippen MR) is 166 cm³/mol. The number of nitrogens with one attached hydrogen (secondary N) is 3. The maximum absolute atomic E-state index is 14.2. The fourth-order valence-electron chi connectivity index (χ4n) is 6.13. The first-order valence-electron chi connectivity index (χ1n) is 15.9. The van der Waals surface area contributed by atoms with Crippen LogP contribution in [0.15, 0.2) is 24.4 Å². The molecule has 1 aromatic carbocycles. The number of fused-ring (bicyclic) bond motifs is 1. The first kappa shape index (κ1) is 33.8. The molecule has 0 bridgehead atoms. The van der Waals surface area contributed by atoms with Gasteiger partial charge in [0.05, 0.1) is 50.3 Å². The van der Waals surface area contributed by atoms with E-state index >= 15 is 0 Å². The number of hydrogen-bond donors (Lipinski definition) is 3. The average Bonchev–Trinajstić information content (AvgIpc) is 3.66. The van der Waals surface area contributed by atoms with Crippen molar-refractivity contribution in [1.29, 1.82) is 0 Å². The predicted octanol–water partition coefficient (Wildman–Crippen LogP) is 3.06. The minimum absolute atomic E-state index is 0.0422. The monoisotopic (exact) mass is 617 g/mol. The summed E-state index contributed by atoms with van der Waals surface area (Å²) in [6, 6.07) is 2.69.